The van der Waals surface area contributed by atoms with Crippen molar-refractivity contribution in [1.82, 2.24) is 14.7 Å². The number of aromatic nitrogens is 2. The number of aryl methyl sites for hydroxylation is 2. The molecule has 0 atom stereocenters. The molecule has 0 aromatic carbocycles. The fourth-order valence-corrected chi connectivity index (χ4v) is 3.05. The van der Waals surface area contributed by atoms with Crippen LogP contribution in [0.5, 0.6) is 0 Å². The van der Waals surface area contributed by atoms with E-state index in [1.807, 2.05) is 30.6 Å². The molecule has 94 valence electrons. The molecule has 1 N–H and O–H groups in total. The highest BCUT2D eigenvalue weighted by Crippen LogP contribution is 2.25. The van der Waals surface area contributed by atoms with Gasteiger partial charge in [0.1, 0.15) is 5.82 Å². The number of thioether (sulfide) groups is 1. The number of nitrogens with one attached hydrogen (secondary N) is 1. The second-order valence-electron chi connectivity index (χ2n) is 3.90. The molecule has 0 bridgehead atoms. The molecule has 1 aromatic rings. The zero-order valence-electron chi connectivity index (χ0n) is 9.86. The lowest BCUT2D eigenvalue weighted by Gasteiger charge is -2.26. The molecule has 0 radical (unpaired) electrons. The average molecular weight is 319 g/mol. The fraction of sp³-hybridized carbons (Fsp3) is 0.600. The molecule has 7 heteroatoms. The summed E-state index contributed by atoms with van der Waals surface area (Å²) >= 11 is 5.32. The Labute approximate surface area is 113 Å². The SMILES string of the molecule is Cc1nn(C)c(NC(=O)N2CCSCC2)c1Br. The monoisotopic (exact) mass is 318 g/mol. The van der Waals surface area contributed by atoms with E-state index in [1.165, 1.54) is 0 Å². The third kappa shape index (κ3) is 2.77. The van der Waals surface area contributed by atoms with Gasteiger partial charge < -0.3 is 4.90 Å². The van der Waals surface area contributed by atoms with Crippen molar-refractivity contribution in [3.8, 4) is 0 Å². The predicted octanol–water partition coefficient (Wildman–Crippen LogP) is 2.07. The Bertz CT molecular complexity index is 428. The van der Waals surface area contributed by atoms with Crippen LogP contribution in [0.3, 0.4) is 0 Å². The molecule has 1 aliphatic rings. The topological polar surface area (TPSA) is 50.2 Å². The summed E-state index contributed by atoms with van der Waals surface area (Å²) in [5.74, 6) is 2.74. The van der Waals surface area contributed by atoms with Crippen molar-refractivity contribution >= 4 is 39.5 Å². The minimum Gasteiger partial charge on any atom is -0.323 e. The number of rotatable bonds is 1. The van der Waals surface area contributed by atoms with E-state index in [0.29, 0.717) is 5.82 Å². The standard InChI is InChI=1S/C10H15BrN4OS/c1-7-8(11)9(14(2)13-7)12-10(16)15-3-5-17-6-4-15/h3-6H2,1-2H3,(H,12,16). The Kier molecular flexibility index (Phi) is 3.98. The van der Waals surface area contributed by atoms with Gasteiger partial charge in [0.25, 0.3) is 0 Å². The van der Waals surface area contributed by atoms with Gasteiger partial charge in [0, 0.05) is 31.6 Å². The van der Waals surface area contributed by atoms with E-state index >= 15 is 0 Å². The molecule has 1 saturated heterocycles. The van der Waals surface area contributed by atoms with Crippen molar-refractivity contribution in [2.45, 2.75) is 6.92 Å². The van der Waals surface area contributed by atoms with Gasteiger partial charge in [-0.1, -0.05) is 0 Å². The lowest BCUT2D eigenvalue weighted by atomic mass is 10.4. The van der Waals surface area contributed by atoms with Crippen molar-refractivity contribution in [3.63, 3.8) is 0 Å². The second kappa shape index (κ2) is 5.30. The van der Waals surface area contributed by atoms with Crippen LogP contribution in [-0.2, 0) is 7.05 Å². The van der Waals surface area contributed by atoms with Gasteiger partial charge in [0.15, 0.2) is 0 Å². The van der Waals surface area contributed by atoms with Gasteiger partial charge in [0.05, 0.1) is 10.2 Å². The quantitative estimate of drug-likeness (QED) is 0.862. The van der Waals surface area contributed by atoms with E-state index in [9.17, 15) is 4.79 Å². The van der Waals surface area contributed by atoms with Crippen molar-refractivity contribution in [1.29, 1.82) is 0 Å². The van der Waals surface area contributed by atoms with Crippen LogP contribution in [-0.4, -0.2) is 45.3 Å². The first-order valence-electron chi connectivity index (χ1n) is 5.42. The average Bonchev–Trinajstić information content (AvgIpc) is 2.57. The summed E-state index contributed by atoms with van der Waals surface area (Å²) < 4.78 is 2.52. The van der Waals surface area contributed by atoms with Crippen molar-refractivity contribution < 1.29 is 4.79 Å². The Morgan fingerprint density at radius 3 is 2.65 bits per heavy atom. The smallest absolute Gasteiger partial charge is 0.323 e. The van der Waals surface area contributed by atoms with Crippen LogP contribution in [0.15, 0.2) is 4.47 Å². The van der Waals surface area contributed by atoms with Gasteiger partial charge in [-0.3, -0.25) is 10.00 Å². The maximum Gasteiger partial charge on any atom is 0.323 e. The molecule has 0 unspecified atom stereocenters. The molecule has 2 rings (SSSR count). The first-order valence-corrected chi connectivity index (χ1v) is 7.37. The maximum atomic E-state index is 12.0. The Morgan fingerprint density at radius 2 is 2.12 bits per heavy atom. The lowest BCUT2D eigenvalue weighted by Crippen LogP contribution is -2.41. The number of urea groups is 1. The maximum absolute atomic E-state index is 12.0. The number of anilines is 1. The van der Waals surface area contributed by atoms with E-state index in [2.05, 4.69) is 26.3 Å². The van der Waals surface area contributed by atoms with E-state index in [0.717, 1.165) is 34.8 Å². The van der Waals surface area contributed by atoms with Crippen LogP contribution in [0.4, 0.5) is 10.6 Å². The van der Waals surface area contributed by atoms with E-state index < -0.39 is 0 Å². The number of hydrogen-bond donors (Lipinski definition) is 1. The largest absolute Gasteiger partial charge is 0.323 e. The number of nitrogens with zero attached hydrogens (tertiary/aromatic N) is 3. The molecule has 2 amide bonds. The molecule has 0 aliphatic carbocycles. The molecule has 1 aliphatic heterocycles. The molecule has 0 saturated carbocycles. The lowest BCUT2D eigenvalue weighted by molar-refractivity contribution is 0.216. The van der Waals surface area contributed by atoms with Gasteiger partial charge >= 0.3 is 6.03 Å². The van der Waals surface area contributed by atoms with E-state index in [1.54, 1.807) is 4.68 Å². The molecule has 1 aromatic heterocycles. The van der Waals surface area contributed by atoms with Crippen LogP contribution in [0.1, 0.15) is 5.69 Å². The highest BCUT2D eigenvalue weighted by atomic mass is 79.9. The van der Waals surface area contributed by atoms with Crippen molar-refractivity contribution in [3.05, 3.63) is 10.2 Å². The summed E-state index contributed by atoms with van der Waals surface area (Å²) in [6.07, 6.45) is 0. The van der Waals surface area contributed by atoms with Crippen LogP contribution >= 0.6 is 27.7 Å². The summed E-state index contributed by atoms with van der Waals surface area (Å²) in [6, 6.07) is -0.0472. The summed E-state index contributed by atoms with van der Waals surface area (Å²) in [6.45, 7) is 3.52. The van der Waals surface area contributed by atoms with E-state index in [4.69, 9.17) is 0 Å². The molecule has 0 spiro atoms. The third-order valence-corrected chi connectivity index (χ3v) is 4.56. The Morgan fingerprint density at radius 1 is 1.47 bits per heavy atom. The van der Waals surface area contributed by atoms with Gasteiger partial charge in [0.2, 0.25) is 0 Å². The molecule has 5 nitrogen and oxygen atoms in total. The predicted molar refractivity (Wildman–Crippen MR) is 73.6 cm³/mol. The van der Waals surface area contributed by atoms with Gasteiger partial charge in [-0.15, -0.1) is 0 Å². The first-order chi connectivity index (χ1) is 8.09. The minimum atomic E-state index is -0.0472. The van der Waals surface area contributed by atoms with Gasteiger partial charge in [-0.25, -0.2) is 4.79 Å². The Balaban J connectivity index is 2.07. The minimum absolute atomic E-state index is 0.0472. The van der Waals surface area contributed by atoms with Gasteiger partial charge in [-0.2, -0.15) is 16.9 Å². The number of hydrogen-bond acceptors (Lipinski definition) is 3. The molecule has 2 heterocycles. The normalized spacial score (nSPS) is 16.1. The van der Waals surface area contributed by atoms with Crippen LogP contribution in [0.2, 0.25) is 0 Å². The summed E-state index contributed by atoms with van der Waals surface area (Å²) in [5.41, 5.74) is 0.872. The van der Waals surface area contributed by atoms with Crippen LogP contribution in [0.25, 0.3) is 0 Å². The highest BCUT2D eigenvalue weighted by Gasteiger charge is 2.19. The fourth-order valence-electron chi connectivity index (χ4n) is 1.71. The van der Waals surface area contributed by atoms with E-state index in [-0.39, 0.29) is 6.03 Å². The second-order valence-corrected chi connectivity index (χ2v) is 5.92. The van der Waals surface area contributed by atoms with Crippen LogP contribution < -0.4 is 5.32 Å². The zero-order valence-corrected chi connectivity index (χ0v) is 12.3. The van der Waals surface area contributed by atoms with Crippen molar-refractivity contribution in [2.24, 2.45) is 7.05 Å². The molecular formula is C10H15BrN4OS. The highest BCUT2D eigenvalue weighted by molar-refractivity contribution is 9.10. The number of carbonyl (C=O) groups excluding carboxylic acids is 1. The first kappa shape index (κ1) is 12.8. The molecule has 1 fully saturated rings. The summed E-state index contributed by atoms with van der Waals surface area (Å²) in [4.78, 5) is 13.9. The molecule has 17 heavy (non-hydrogen) atoms. The summed E-state index contributed by atoms with van der Waals surface area (Å²) in [5, 5.41) is 7.14. The third-order valence-electron chi connectivity index (χ3n) is 2.67. The number of carbonyl (C=O) groups is 1. The zero-order chi connectivity index (χ0) is 12.4. The summed E-state index contributed by atoms with van der Waals surface area (Å²) in [7, 11) is 1.82. The number of halogens is 1. The van der Waals surface area contributed by atoms with Gasteiger partial charge in [-0.05, 0) is 22.9 Å². The number of amides is 2. The van der Waals surface area contributed by atoms with Crippen molar-refractivity contribution in [2.75, 3.05) is 29.9 Å². The molecular weight excluding hydrogens is 304 g/mol. The Hall–Kier alpha value is -0.690. The van der Waals surface area contributed by atoms with Crippen LogP contribution in [0, 0.1) is 6.92 Å².